The van der Waals surface area contributed by atoms with E-state index in [-0.39, 0.29) is 29.5 Å². The smallest absolute Gasteiger partial charge is 0.393 e. The Hall–Kier alpha value is -3.41. The van der Waals surface area contributed by atoms with Gasteiger partial charge in [-0.2, -0.15) is 13.2 Å². The highest BCUT2D eigenvalue weighted by Gasteiger charge is 2.37. The van der Waals surface area contributed by atoms with E-state index in [1.165, 1.54) is 26.1 Å². The first-order valence-corrected chi connectivity index (χ1v) is 11.5. The summed E-state index contributed by atoms with van der Waals surface area (Å²) in [5, 5.41) is 24.5. The number of nitrogens with one attached hydrogen (secondary N) is 5. The highest BCUT2D eigenvalue weighted by atomic mass is 19.4. The summed E-state index contributed by atoms with van der Waals surface area (Å²) in [5.41, 5.74) is -1.07. The number of carbonyl (C=O) groups excluding carboxylic acids is 1. The maximum atomic E-state index is 14.9. The van der Waals surface area contributed by atoms with Crippen LogP contribution in [0.25, 0.3) is 5.57 Å². The quantitative estimate of drug-likeness (QED) is 0.209. The minimum Gasteiger partial charge on any atom is -0.393 e. The summed E-state index contributed by atoms with van der Waals surface area (Å²) in [7, 11) is 1.38. The normalized spacial score (nSPS) is 18.8. The predicted molar refractivity (Wildman–Crippen MR) is 129 cm³/mol. The molecule has 12 heteroatoms. The van der Waals surface area contributed by atoms with E-state index in [1.54, 1.807) is 4.90 Å². The molecule has 5 N–H and O–H groups in total. The molecular formula is C24H30F4N6O2. The van der Waals surface area contributed by atoms with Crippen LogP contribution >= 0.6 is 0 Å². The SMILES string of the molecule is CN/C=C(\C(=N)C(F)(F)F)c1ccc(NC(=N)C2=C(NC[C@H]3CCOC3)CCN(C(C)=O)C2)c(F)c1. The molecule has 8 nitrogen and oxygen atoms in total. The van der Waals surface area contributed by atoms with Crippen molar-refractivity contribution in [2.24, 2.45) is 5.92 Å². The summed E-state index contributed by atoms with van der Waals surface area (Å²) < 4.78 is 59.6. The lowest BCUT2D eigenvalue weighted by atomic mass is 10.0. The van der Waals surface area contributed by atoms with Gasteiger partial charge in [-0.3, -0.25) is 15.6 Å². The minimum atomic E-state index is -4.90. The fraction of sp³-hybridized carbons (Fsp3) is 0.458. The lowest BCUT2D eigenvalue weighted by molar-refractivity contribution is -0.128. The van der Waals surface area contributed by atoms with Gasteiger partial charge in [0.05, 0.1) is 18.8 Å². The van der Waals surface area contributed by atoms with Gasteiger partial charge in [-0.05, 0) is 24.1 Å². The van der Waals surface area contributed by atoms with Crippen molar-refractivity contribution in [2.75, 3.05) is 45.2 Å². The highest BCUT2D eigenvalue weighted by molar-refractivity contribution is 6.25. The number of allylic oxidation sites excluding steroid dienone is 1. The van der Waals surface area contributed by atoms with Crippen LogP contribution < -0.4 is 16.0 Å². The number of amides is 1. The Morgan fingerprint density at radius 1 is 1.31 bits per heavy atom. The molecule has 0 unspecified atom stereocenters. The van der Waals surface area contributed by atoms with Gasteiger partial charge in [0, 0.05) is 69.0 Å². The molecule has 0 aliphatic carbocycles. The second-order valence-electron chi connectivity index (χ2n) is 8.67. The largest absolute Gasteiger partial charge is 0.433 e. The number of anilines is 1. The zero-order valence-corrected chi connectivity index (χ0v) is 20.1. The van der Waals surface area contributed by atoms with Gasteiger partial charge in [0.2, 0.25) is 5.91 Å². The third-order valence-electron chi connectivity index (χ3n) is 6.10. The van der Waals surface area contributed by atoms with Gasteiger partial charge in [0.1, 0.15) is 17.4 Å². The molecule has 0 saturated carbocycles. The highest BCUT2D eigenvalue weighted by Crippen LogP contribution is 2.29. The molecule has 3 rings (SSSR count). The Labute approximate surface area is 206 Å². The van der Waals surface area contributed by atoms with Crippen molar-refractivity contribution in [3.8, 4) is 0 Å². The zero-order chi connectivity index (χ0) is 26.5. The predicted octanol–water partition coefficient (Wildman–Crippen LogP) is 3.49. The van der Waals surface area contributed by atoms with Gasteiger partial charge in [0.15, 0.2) is 0 Å². The molecule has 0 radical (unpaired) electrons. The van der Waals surface area contributed by atoms with E-state index in [0.29, 0.717) is 44.2 Å². The first-order valence-electron chi connectivity index (χ1n) is 11.5. The number of hydrogen-bond acceptors (Lipinski definition) is 6. The molecule has 2 aliphatic rings. The monoisotopic (exact) mass is 510 g/mol. The second-order valence-corrected chi connectivity index (χ2v) is 8.67. The second kappa shape index (κ2) is 11.5. The van der Waals surface area contributed by atoms with Crippen molar-refractivity contribution >= 4 is 28.7 Å². The number of carbonyl (C=O) groups is 1. The summed E-state index contributed by atoms with van der Waals surface area (Å²) in [6.45, 7) is 4.11. The Morgan fingerprint density at radius 2 is 2.06 bits per heavy atom. The van der Waals surface area contributed by atoms with Crippen LogP contribution in [0.15, 0.2) is 35.7 Å². The zero-order valence-electron chi connectivity index (χ0n) is 20.1. The van der Waals surface area contributed by atoms with E-state index in [1.807, 2.05) is 0 Å². The minimum absolute atomic E-state index is 0.109. The van der Waals surface area contributed by atoms with Crippen molar-refractivity contribution < 1.29 is 27.1 Å². The van der Waals surface area contributed by atoms with Crippen molar-refractivity contribution in [3.05, 3.63) is 47.0 Å². The van der Waals surface area contributed by atoms with Crippen molar-refractivity contribution in [3.63, 3.8) is 0 Å². The molecule has 0 aromatic heterocycles. The van der Waals surface area contributed by atoms with Gasteiger partial charge in [-0.15, -0.1) is 0 Å². The fourth-order valence-corrected chi connectivity index (χ4v) is 4.06. The lowest BCUT2D eigenvalue weighted by Gasteiger charge is -2.31. The summed E-state index contributed by atoms with van der Waals surface area (Å²) in [4.78, 5) is 13.5. The van der Waals surface area contributed by atoms with Crippen LogP contribution in [-0.4, -0.2) is 68.4 Å². The van der Waals surface area contributed by atoms with Crippen LogP contribution in [-0.2, 0) is 9.53 Å². The number of amidine groups is 1. The summed E-state index contributed by atoms with van der Waals surface area (Å²) in [6.07, 6.45) is -2.48. The van der Waals surface area contributed by atoms with Crippen LogP contribution in [0, 0.1) is 22.6 Å². The Balaban J connectivity index is 1.82. The van der Waals surface area contributed by atoms with Crippen molar-refractivity contribution in [1.82, 2.24) is 15.5 Å². The number of ether oxygens (including phenoxy) is 1. The number of alkyl halides is 3. The van der Waals surface area contributed by atoms with Gasteiger partial charge < -0.3 is 25.6 Å². The molecule has 2 aliphatic heterocycles. The van der Waals surface area contributed by atoms with Gasteiger partial charge in [-0.1, -0.05) is 6.07 Å². The van der Waals surface area contributed by atoms with E-state index in [4.69, 9.17) is 15.6 Å². The molecule has 1 aromatic rings. The molecule has 0 spiro atoms. The van der Waals surface area contributed by atoms with Gasteiger partial charge >= 0.3 is 6.18 Å². The summed E-state index contributed by atoms with van der Waals surface area (Å²) in [5.74, 6) is -0.805. The number of hydrogen-bond donors (Lipinski definition) is 5. The fourth-order valence-electron chi connectivity index (χ4n) is 4.06. The average molecular weight is 511 g/mol. The number of benzene rings is 1. The molecule has 36 heavy (non-hydrogen) atoms. The van der Waals surface area contributed by atoms with E-state index in [2.05, 4.69) is 16.0 Å². The number of rotatable bonds is 8. The Morgan fingerprint density at radius 3 is 2.64 bits per heavy atom. The van der Waals surface area contributed by atoms with Crippen LogP contribution in [0.5, 0.6) is 0 Å². The average Bonchev–Trinajstić information content (AvgIpc) is 3.35. The molecule has 1 saturated heterocycles. The third kappa shape index (κ3) is 6.62. The molecule has 1 aromatic carbocycles. The van der Waals surface area contributed by atoms with E-state index in [0.717, 1.165) is 24.4 Å². The van der Waals surface area contributed by atoms with Crippen molar-refractivity contribution in [2.45, 2.75) is 25.9 Å². The molecule has 0 bridgehead atoms. The molecule has 2 heterocycles. The number of nitrogens with zero attached hydrogens (tertiary/aromatic N) is 1. The van der Waals surface area contributed by atoms with Gasteiger partial charge in [-0.25, -0.2) is 4.39 Å². The lowest BCUT2D eigenvalue weighted by Crippen LogP contribution is -2.41. The molecule has 1 atom stereocenters. The topological polar surface area (TPSA) is 113 Å². The van der Waals surface area contributed by atoms with E-state index >= 15 is 0 Å². The van der Waals surface area contributed by atoms with Crippen LogP contribution in [0.2, 0.25) is 0 Å². The molecular weight excluding hydrogens is 480 g/mol. The van der Waals surface area contributed by atoms with E-state index in [9.17, 15) is 22.4 Å². The first-order chi connectivity index (χ1) is 17.0. The number of halogens is 4. The molecule has 1 amide bonds. The maximum absolute atomic E-state index is 14.9. The summed E-state index contributed by atoms with van der Waals surface area (Å²) in [6, 6.07) is 3.36. The van der Waals surface area contributed by atoms with E-state index < -0.39 is 23.3 Å². The van der Waals surface area contributed by atoms with Crippen LogP contribution in [0.3, 0.4) is 0 Å². The van der Waals surface area contributed by atoms with Crippen LogP contribution in [0.1, 0.15) is 25.3 Å². The van der Waals surface area contributed by atoms with Gasteiger partial charge in [0.25, 0.3) is 0 Å². The standard InChI is InChI=1S/C24H30F4N6O2/c1-14(35)34-7-5-20(32-10-15-6-8-36-13-15)18(12-34)23(30)33-21-4-3-16(9-19(21)25)17(11-31-2)22(29)24(26,27)28/h3-4,9,11,15,29,31-32H,5-8,10,12-13H2,1-2H3,(H2,30,33)/b17-11-,29-22?/t15-/m1/s1. The Bertz CT molecular complexity index is 1080. The summed E-state index contributed by atoms with van der Waals surface area (Å²) >= 11 is 0. The Kier molecular flexibility index (Phi) is 8.72. The van der Waals surface area contributed by atoms with Crippen molar-refractivity contribution in [1.29, 1.82) is 10.8 Å². The maximum Gasteiger partial charge on any atom is 0.433 e. The molecule has 1 fully saturated rings. The van der Waals surface area contributed by atoms with Crippen LogP contribution in [0.4, 0.5) is 23.2 Å². The third-order valence-corrected chi connectivity index (χ3v) is 6.10. The molecule has 196 valence electrons. The first kappa shape index (κ1) is 27.2.